The second-order valence-electron chi connectivity index (χ2n) is 5.20. The second-order valence-corrected chi connectivity index (χ2v) is 5.20. The smallest absolute Gasteiger partial charge is 0.221 e. The molecule has 1 N–H and O–H groups in total. The summed E-state index contributed by atoms with van der Waals surface area (Å²) >= 11 is 0. The Labute approximate surface area is 135 Å². The van der Waals surface area contributed by atoms with Gasteiger partial charge in [0.05, 0.1) is 0 Å². The highest BCUT2D eigenvalue weighted by molar-refractivity contribution is 5.89. The van der Waals surface area contributed by atoms with Crippen LogP contribution in [0.1, 0.15) is 6.92 Å². The fraction of sp³-hybridized carbons (Fsp3) is 0.0500. The number of ether oxygens (including phenoxy) is 1. The molecule has 0 saturated heterocycles. The van der Waals surface area contributed by atoms with Crippen LogP contribution >= 0.6 is 0 Å². The number of carbonyl (C=O) groups excluding carboxylic acids is 1. The van der Waals surface area contributed by atoms with Gasteiger partial charge in [-0.05, 0) is 47.5 Å². The van der Waals surface area contributed by atoms with E-state index >= 15 is 0 Å². The first-order chi connectivity index (χ1) is 11.2. The first-order valence-corrected chi connectivity index (χ1v) is 7.42. The second kappa shape index (κ2) is 6.79. The molecule has 0 fully saturated rings. The molecule has 0 spiro atoms. The van der Waals surface area contributed by atoms with Crippen molar-refractivity contribution >= 4 is 11.6 Å². The maximum atomic E-state index is 11.2. The molecule has 1 amide bonds. The Balaban J connectivity index is 1.78. The fourth-order valence-corrected chi connectivity index (χ4v) is 2.32. The lowest BCUT2D eigenvalue weighted by Crippen LogP contribution is -2.05. The Morgan fingerprint density at radius 3 is 2.17 bits per heavy atom. The number of rotatable bonds is 4. The topological polar surface area (TPSA) is 38.3 Å². The first kappa shape index (κ1) is 14.9. The van der Waals surface area contributed by atoms with Crippen molar-refractivity contribution in [1.29, 1.82) is 0 Å². The maximum absolute atomic E-state index is 11.2. The number of amides is 1. The molecule has 0 heterocycles. The predicted octanol–water partition coefficient (Wildman–Crippen LogP) is 5.10. The predicted molar refractivity (Wildman–Crippen MR) is 92.7 cm³/mol. The molecule has 3 rings (SSSR count). The summed E-state index contributed by atoms with van der Waals surface area (Å²) in [5, 5.41) is 2.80. The summed E-state index contributed by atoms with van der Waals surface area (Å²) in [6, 6.07) is 25.3. The standard InChI is InChI=1S/C20H17NO2/c1-15(22)21-18-7-5-6-17(14-18)16-10-12-20(13-11-16)23-19-8-3-2-4-9-19/h2-14H,1H3,(H,21,22). The highest BCUT2D eigenvalue weighted by Crippen LogP contribution is 2.27. The Morgan fingerprint density at radius 2 is 1.48 bits per heavy atom. The summed E-state index contributed by atoms with van der Waals surface area (Å²) in [6.45, 7) is 1.50. The third-order valence-electron chi connectivity index (χ3n) is 3.35. The van der Waals surface area contributed by atoms with Crippen LogP contribution in [0.25, 0.3) is 11.1 Å². The Hall–Kier alpha value is -3.07. The van der Waals surface area contributed by atoms with E-state index in [0.29, 0.717) is 0 Å². The summed E-state index contributed by atoms with van der Waals surface area (Å²) in [4.78, 5) is 11.2. The van der Waals surface area contributed by atoms with Gasteiger partial charge in [-0.3, -0.25) is 4.79 Å². The number of hydrogen-bond donors (Lipinski definition) is 1. The van der Waals surface area contributed by atoms with Crippen molar-refractivity contribution in [1.82, 2.24) is 0 Å². The summed E-state index contributed by atoms with van der Waals surface area (Å²) < 4.78 is 5.79. The molecule has 3 heteroatoms. The van der Waals surface area contributed by atoms with E-state index in [1.165, 1.54) is 6.92 Å². The molecular formula is C20H17NO2. The van der Waals surface area contributed by atoms with E-state index in [1.54, 1.807) is 0 Å². The van der Waals surface area contributed by atoms with Crippen molar-refractivity contribution in [3.05, 3.63) is 78.9 Å². The summed E-state index contributed by atoms with van der Waals surface area (Å²) in [5.41, 5.74) is 2.90. The van der Waals surface area contributed by atoms with Gasteiger partial charge >= 0.3 is 0 Å². The molecule has 114 valence electrons. The number of benzene rings is 3. The first-order valence-electron chi connectivity index (χ1n) is 7.42. The minimum absolute atomic E-state index is 0.0752. The number of hydrogen-bond acceptors (Lipinski definition) is 2. The van der Waals surface area contributed by atoms with E-state index in [4.69, 9.17) is 4.74 Å². The van der Waals surface area contributed by atoms with Gasteiger partial charge in [-0.15, -0.1) is 0 Å². The third-order valence-corrected chi connectivity index (χ3v) is 3.35. The van der Waals surface area contributed by atoms with E-state index < -0.39 is 0 Å². The minimum Gasteiger partial charge on any atom is -0.457 e. The van der Waals surface area contributed by atoms with Crippen LogP contribution in [-0.4, -0.2) is 5.91 Å². The zero-order valence-corrected chi connectivity index (χ0v) is 12.8. The van der Waals surface area contributed by atoms with Gasteiger partial charge in [0.15, 0.2) is 0 Å². The van der Waals surface area contributed by atoms with Gasteiger partial charge in [-0.1, -0.05) is 42.5 Å². The Morgan fingerprint density at radius 1 is 0.783 bits per heavy atom. The van der Waals surface area contributed by atoms with E-state index in [9.17, 15) is 4.79 Å². The fourth-order valence-electron chi connectivity index (χ4n) is 2.32. The molecule has 3 nitrogen and oxygen atoms in total. The molecule has 23 heavy (non-hydrogen) atoms. The molecule has 0 unspecified atom stereocenters. The average molecular weight is 303 g/mol. The van der Waals surface area contributed by atoms with Crippen molar-refractivity contribution in [2.75, 3.05) is 5.32 Å². The van der Waals surface area contributed by atoms with Gasteiger partial charge in [0, 0.05) is 12.6 Å². The van der Waals surface area contributed by atoms with E-state index in [-0.39, 0.29) is 5.91 Å². The van der Waals surface area contributed by atoms with Crippen LogP contribution in [0.4, 0.5) is 5.69 Å². The van der Waals surface area contributed by atoms with Crippen LogP contribution < -0.4 is 10.1 Å². The van der Waals surface area contributed by atoms with Crippen molar-refractivity contribution < 1.29 is 9.53 Å². The third kappa shape index (κ3) is 3.98. The van der Waals surface area contributed by atoms with E-state index in [2.05, 4.69) is 5.32 Å². The monoisotopic (exact) mass is 303 g/mol. The molecule has 0 aromatic heterocycles. The molecular weight excluding hydrogens is 286 g/mol. The highest BCUT2D eigenvalue weighted by Gasteiger charge is 2.02. The summed E-state index contributed by atoms with van der Waals surface area (Å²) in [5.74, 6) is 1.53. The minimum atomic E-state index is -0.0752. The zero-order valence-electron chi connectivity index (χ0n) is 12.8. The molecule has 0 aliphatic carbocycles. The molecule has 0 aliphatic heterocycles. The van der Waals surface area contributed by atoms with Crippen LogP contribution in [-0.2, 0) is 4.79 Å². The van der Waals surface area contributed by atoms with Gasteiger partial charge in [0.25, 0.3) is 0 Å². The quantitative estimate of drug-likeness (QED) is 0.727. The SMILES string of the molecule is CC(=O)Nc1cccc(-c2ccc(Oc3ccccc3)cc2)c1. The van der Waals surface area contributed by atoms with Gasteiger partial charge in [0.2, 0.25) is 5.91 Å². The summed E-state index contributed by atoms with van der Waals surface area (Å²) in [6.07, 6.45) is 0. The van der Waals surface area contributed by atoms with Crippen molar-refractivity contribution in [2.24, 2.45) is 0 Å². The van der Waals surface area contributed by atoms with E-state index in [1.807, 2.05) is 78.9 Å². The van der Waals surface area contributed by atoms with Crippen molar-refractivity contribution in [3.63, 3.8) is 0 Å². The molecule has 3 aromatic rings. The van der Waals surface area contributed by atoms with Crippen molar-refractivity contribution in [2.45, 2.75) is 6.92 Å². The molecule has 3 aromatic carbocycles. The normalized spacial score (nSPS) is 10.1. The van der Waals surface area contributed by atoms with Gasteiger partial charge in [-0.25, -0.2) is 0 Å². The summed E-state index contributed by atoms with van der Waals surface area (Å²) in [7, 11) is 0. The van der Waals surface area contributed by atoms with E-state index in [0.717, 1.165) is 28.3 Å². The maximum Gasteiger partial charge on any atom is 0.221 e. The lowest BCUT2D eigenvalue weighted by molar-refractivity contribution is -0.114. The molecule has 0 aliphatic rings. The van der Waals surface area contributed by atoms with Crippen LogP contribution in [0.5, 0.6) is 11.5 Å². The lowest BCUT2D eigenvalue weighted by Gasteiger charge is -2.08. The van der Waals surface area contributed by atoms with Crippen LogP contribution in [0.15, 0.2) is 78.9 Å². The Kier molecular flexibility index (Phi) is 4.39. The lowest BCUT2D eigenvalue weighted by atomic mass is 10.0. The van der Waals surface area contributed by atoms with Gasteiger partial charge in [0.1, 0.15) is 11.5 Å². The number of anilines is 1. The average Bonchev–Trinajstić information content (AvgIpc) is 2.56. The number of nitrogens with one attached hydrogen (secondary N) is 1. The van der Waals surface area contributed by atoms with Gasteiger partial charge in [-0.2, -0.15) is 0 Å². The number of para-hydroxylation sites is 1. The molecule has 0 radical (unpaired) electrons. The number of carbonyl (C=O) groups is 1. The largest absolute Gasteiger partial charge is 0.457 e. The molecule has 0 saturated carbocycles. The van der Waals surface area contributed by atoms with Crippen LogP contribution in [0.2, 0.25) is 0 Å². The zero-order chi connectivity index (χ0) is 16.1. The van der Waals surface area contributed by atoms with Crippen LogP contribution in [0, 0.1) is 0 Å². The molecule has 0 bridgehead atoms. The van der Waals surface area contributed by atoms with Crippen molar-refractivity contribution in [3.8, 4) is 22.6 Å². The highest BCUT2D eigenvalue weighted by atomic mass is 16.5. The van der Waals surface area contributed by atoms with Crippen LogP contribution in [0.3, 0.4) is 0 Å². The molecule has 0 atom stereocenters. The Bertz CT molecular complexity index is 795. The van der Waals surface area contributed by atoms with Gasteiger partial charge < -0.3 is 10.1 Å².